The maximum atomic E-state index is 6.47. The fraction of sp³-hybridized carbons (Fsp3) is 0. The van der Waals surface area contributed by atoms with Gasteiger partial charge in [-0.1, -0.05) is 109 Å². The molecule has 0 saturated carbocycles. The molecule has 7 aromatic carbocycles. The van der Waals surface area contributed by atoms with Crippen molar-refractivity contribution in [3.63, 3.8) is 0 Å². The van der Waals surface area contributed by atoms with Gasteiger partial charge in [-0.05, 0) is 53.6 Å². The van der Waals surface area contributed by atoms with Crippen LogP contribution in [-0.4, -0.2) is 15.0 Å². The molecule has 4 aromatic heterocycles. The third kappa shape index (κ3) is 4.26. The number of para-hydroxylation sites is 2. The molecule has 0 radical (unpaired) electrons. The Morgan fingerprint density at radius 2 is 0.745 bits per heavy atom. The van der Waals surface area contributed by atoms with Crippen LogP contribution in [-0.2, 0) is 0 Å². The van der Waals surface area contributed by atoms with Crippen LogP contribution in [0.5, 0.6) is 0 Å². The number of nitrogens with zero attached hydrogens (tertiary/aromatic N) is 3. The molecule has 0 unspecified atom stereocenters. The minimum atomic E-state index is 0.560. The first kappa shape index (κ1) is 27.9. The molecule has 51 heavy (non-hydrogen) atoms. The van der Waals surface area contributed by atoms with Gasteiger partial charge in [-0.15, -0.1) is 0 Å². The number of benzene rings is 7. The maximum absolute atomic E-state index is 6.47. The van der Waals surface area contributed by atoms with Gasteiger partial charge in [0, 0.05) is 49.0 Å². The molecule has 11 aromatic rings. The third-order valence-electron chi connectivity index (χ3n) is 9.76. The molecule has 0 aliphatic rings. The quantitative estimate of drug-likeness (QED) is 0.188. The Bertz CT molecular complexity index is 3150. The fourth-order valence-corrected chi connectivity index (χ4v) is 7.49. The van der Waals surface area contributed by atoms with Crippen molar-refractivity contribution >= 4 is 65.8 Å². The molecule has 0 bridgehead atoms. The van der Waals surface area contributed by atoms with Gasteiger partial charge in [-0.2, -0.15) is 0 Å². The van der Waals surface area contributed by atoms with Gasteiger partial charge in [-0.25, -0.2) is 15.0 Å². The first-order chi connectivity index (χ1) is 25.3. The molecule has 0 aliphatic heterocycles. The summed E-state index contributed by atoms with van der Waals surface area (Å²) in [5.74, 6) is 1.72. The summed E-state index contributed by atoms with van der Waals surface area (Å²) >= 11 is 0. The Hall–Kier alpha value is -7.05. The number of hydrogen-bond acceptors (Lipinski definition) is 6. The molecule has 0 fully saturated rings. The minimum absolute atomic E-state index is 0.560. The number of rotatable bonds is 4. The molecular formula is C45H25N3O3. The van der Waals surface area contributed by atoms with Gasteiger partial charge >= 0.3 is 0 Å². The van der Waals surface area contributed by atoms with Crippen molar-refractivity contribution in [2.75, 3.05) is 0 Å². The Labute approximate surface area is 290 Å². The second kappa shape index (κ2) is 10.7. The zero-order chi connectivity index (χ0) is 33.5. The second-order valence-electron chi connectivity index (χ2n) is 12.7. The number of fused-ring (bicyclic) bond motifs is 9. The van der Waals surface area contributed by atoms with Crippen molar-refractivity contribution in [1.82, 2.24) is 15.0 Å². The highest BCUT2D eigenvalue weighted by atomic mass is 16.3. The Kier molecular flexibility index (Phi) is 5.86. The van der Waals surface area contributed by atoms with Crippen molar-refractivity contribution < 1.29 is 13.3 Å². The molecule has 6 nitrogen and oxygen atoms in total. The van der Waals surface area contributed by atoms with Crippen molar-refractivity contribution in [3.8, 4) is 45.3 Å². The molecule has 0 amide bonds. The Balaban J connectivity index is 1.17. The number of aromatic nitrogens is 3. The number of hydrogen-bond donors (Lipinski definition) is 0. The van der Waals surface area contributed by atoms with Crippen LogP contribution in [0.25, 0.3) is 111 Å². The van der Waals surface area contributed by atoms with E-state index in [9.17, 15) is 0 Å². The topological polar surface area (TPSA) is 78.1 Å². The van der Waals surface area contributed by atoms with Crippen molar-refractivity contribution in [3.05, 3.63) is 152 Å². The lowest BCUT2D eigenvalue weighted by Crippen LogP contribution is -2.00. The smallest absolute Gasteiger partial charge is 0.164 e. The van der Waals surface area contributed by atoms with Gasteiger partial charge in [0.05, 0.1) is 0 Å². The molecule has 0 aliphatic carbocycles. The lowest BCUT2D eigenvalue weighted by atomic mass is 9.97. The van der Waals surface area contributed by atoms with E-state index >= 15 is 0 Å². The predicted molar refractivity (Wildman–Crippen MR) is 203 cm³/mol. The molecule has 0 spiro atoms. The van der Waals surface area contributed by atoms with Crippen molar-refractivity contribution in [1.29, 1.82) is 0 Å². The first-order valence-corrected chi connectivity index (χ1v) is 16.9. The van der Waals surface area contributed by atoms with Crippen LogP contribution in [0.1, 0.15) is 0 Å². The predicted octanol–water partition coefficient (Wildman–Crippen LogP) is 12.2. The normalized spacial score (nSPS) is 11.9. The maximum Gasteiger partial charge on any atom is 0.164 e. The highest BCUT2D eigenvalue weighted by Gasteiger charge is 2.21. The van der Waals surface area contributed by atoms with E-state index in [0.29, 0.717) is 17.5 Å². The van der Waals surface area contributed by atoms with Gasteiger partial charge in [-0.3, -0.25) is 0 Å². The zero-order valence-corrected chi connectivity index (χ0v) is 27.0. The highest BCUT2D eigenvalue weighted by Crippen LogP contribution is 2.42. The summed E-state index contributed by atoms with van der Waals surface area (Å²) in [6.45, 7) is 0. The largest absolute Gasteiger partial charge is 0.456 e. The standard InChI is InChI=1S/C45H25N3O3/c1-2-11-26(12-3-1)43-46-44(31-16-9-21-38-41(31)30-14-5-7-19-35(30)50-38)48-45(47-43)32-17-10-22-39-42(32)33-25-27(23-24-36(33)51-39)28-15-8-20-37-40(28)29-13-4-6-18-34(29)49-37/h1-25H. The zero-order valence-electron chi connectivity index (χ0n) is 27.0. The van der Waals surface area contributed by atoms with E-state index in [0.717, 1.165) is 93.6 Å². The number of furan rings is 3. The van der Waals surface area contributed by atoms with Crippen LogP contribution in [0.15, 0.2) is 165 Å². The van der Waals surface area contributed by atoms with Gasteiger partial charge in [0.1, 0.15) is 33.5 Å². The average Bonchev–Trinajstić information content (AvgIpc) is 3.89. The molecule has 4 heterocycles. The summed E-state index contributed by atoms with van der Waals surface area (Å²) in [6, 6.07) is 51.0. The van der Waals surface area contributed by atoms with E-state index in [1.807, 2.05) is 97.1 Å². The van der Waals surface area contributed by atoms with Crippen LogP contribution in [0, 0.1) is 0 Å². The van der Waals surface area contributed by atoms with Gasteiger partial charge < -0.3 is 13.3 Å². The van der Waals surface area contributed by atoms with Crippen molar-refractivity contribution in [2.24, 2.45) is 0 Å². The Morgan fingerprint density at radius 1 is 0.294 bits per heavy atom. The molecule has 238 valence electrons. The van der Waals surface area contributed by atoms with E-state index in [2.05, 4.69) is 54.6 Å². The molecule has 11 rings (SSSR count). The monoisotopic (exact) mass is 655 g/mol. The summed E-state index contributed by atoms with van der Waals surface area (Å²) in [5.41, 5.74) is 9.70. The van der Waals surface area contributed by atoms with Crippen LogP contribution < -0.4 is 0 Å². The fourth-order valence-electron chi connectivity index (χ4n) is 7.49. The summed E-state index contributed by atoms with van der Waals surface area (Å²) in [4.78, 5) is 15.4. The van der Waals surface area contributed by atoms with Gasteiger partial charge in [0.15, 0.2) is 17.5 Å². The second-order valence-corrected chi connectivity index (χ2v) is 12.7. The average molecular weight is 656 g/mol. The molecule has 0 saturated heterocycles. The third-order valence-corrected chi connectivity index (χ3v) is 9.76. The van der Waals surface area contributed by atoms with E-state index in [1.165, 1.54) is 0 Å². The van der Waals surface area contributed by atoms with Crippen LogP contribution in [0.2, 0.25) is 0 Å². The van der Waals surface area contributed by atoms with Crippen LogP contribution >= 0.6 is 0 Å². The first-order valence-electron chi connectivity index (χ1n) is 16.9. The molecule has 0 atom stereocenters. The summed E-state index contributed by atoms with van der Waals surface area (Å²) in [5, 5.41) is 6.10. The van der Waals surface area contributed by atoms with E-state index in [1.54, 1.807) is 0 Å². The van der Waals surface area contributed by atoms with E-state index < -0.39 is 0 Å². The van der Waals surface area contributed by atoms with Gasteiger partial charge in [0.2, 0.25) is 0 Å². The molecular weight excluding hydrogens is 631 g/mol. The minimum Gasteiger partial charge on any atom is -0.456 e. The van der Waals surface area contributed by atoms with E-state index in [4.69, 9.17) is 28.2 Å². The molecule has 6 heteroatoms. The van der Waals surface area contributed by atoms with Crippen molar-refractivity contribution in [2.45, 2.75) is 0 Å². The Morgan fingerprint density at radius 3 is 1.35 bits per heavy atom. The summed E-state index contributed by atoms with van der Waals surface area (Å²) in [7, 11) is 0. The summed E-state index contributed by atoms with van der Waals surface area (Å²) in [6.07, 6.45) is 0. The lowest BCUT2D eigenvalue weighted by molar-refractivity contribution is 0.668. The highest BCUT2D eigenvalue weighted by molar-refractivity contribution is 6.16. The van der Waals surface area contributed by atoms with E-state index in [-0.39, 0.29) is 0 Å². The van der Waals surface area contributed by atoms with Crippen LogP contribution in [0.4, 0.5) is 0 Å². The SMILES string of the molecule is c1ccc(-c2nc(-c3cccc4oc5ccccc5c34)nc(-c3cccc4oc5ccc(-c6cccc7oc8ccccc8c67)cc5c34)n2)cc1. The van der Waals surface area contributed by atoms with Gasteiger partial charge in [0.25, 0.3) is 0 Å². The lowest BCUT2D eigenvalue weighted by Gasteiger charge is -2.10. The van der Waals surface area contributed by atoms with Crippen LogP contribution in [0.3, 0.4) is 0 Å². The summed E-state index contributed by atoms with van der Waals surface area (Å²) < 4.78 is 18.9. The molecule has 0 N–H and O–H groups in total.